The number of ether oxygens (including phenoxy) is 1. The van der Waals surface area contributed by atoms with Gasteiger partial charge in [-0.1, -0.05) is 48.6 Å². The first kappa shape index (κ1) is 11.6. The fraction of sp³-hybridized carbons (Fsp3) is 0.0714. The predicted molar refractivity (Wildman–Crippen MR) is 74.3 cm³/mol. The number of methoxy groups -OCH3 is 1. The Kier molecular flexibility index (Phi) is 3.40. The molecule has 0 aliphatic heterocycles. The SMILES string of the molecule is COc1ccc(-c2ccccc2)cc1C(N)=S. The second-order valence-electron chi connectivity index (χ2n) is 3.65. The van der Waals surface area contributed by atoms with Crippen molar-refractivity contribution in [3.63, 3.8) is 0 Å². The van der Waals surface area contributed by atoms with Crippen LogP contribution in [0.15, 0.2) is 48.5 Å². The third kappa shape index (κ3) is 2.45. The van der Waals surface area contributed by atoms with Crippen LogP contribution in [0.5, 0.6) is 5.75 Å². The first-order chi connectivity index (χ1) is 8.22. The van der Waals surface area contributed by atoms with E-state index in [9.17, 15) is 0 Å². The zero-order valence-electron chi connectivity index (χ0n) is 9.51. The Hall–Kier alpha value is -1.87. The summed E-state index contributed by atoms with van der Waals surface area (Å²) in [5, 5.41) is 0. The maximum atomic E-state index is 5.69. The van der Waals surface area contributed by atoms with Crippen LogP contribution >= 0.6 is 12.2 Å². The maximum Gasteiger partial charge on any atom is 0.129 e. The van der Waals surface area contributed by atoms with Gasteiger partial charge in [0.1, 0.15) is 10.7 Å². The smallest absolute Gasteiger partial charge is 0.129 e. The molecule has 0 aromatic heterocycles. The average Bonchev–Trinajstić information content (AvgIpc) is 2.39. The van der Waals surface area contributed by atoms with Crippen molar-refractivity contribution in [3.05, 3.63) is 54.1 Å². The normalized spacial score (nSPS) is 9.94. The Morgan fingerprint density at radius 3 is 2.35 bits per heavy atom. The molecule has 0 radical (unpaired) electrons. The van der Waals surface area contributed by atoms with Crippen molar-refractivity contribution in [3.8, 4) is 16.9 Å². The number of nitrogens with two attached hydrogens (primary N) is 1. The first-order valence-corrected chi connectivity index (χ1v) is 5.66. The van der Waals surface area contributed by atoms with Gasteiger partial charge in [0, 0.05) is 0 Å². The van der Waals surface area contributed by atoms with Crippen LogP contribution in [0.4, 0.5) is 0 Å². The van der Waals surface area contributed by atoms with Crippen LogP contribution in [0, 0.1) is 0 Å². The van der Waals surface area contributed by atoms with Crippen molar-refractivity contribution >= 4 is 17.2 Å². The molecule has 2 aromatic rings. The Morgan fingerprint density at radius 2 is 1.76 bits per heavy atom. The predicted octanol–water partition coefficient (Wildman–Crippen LogP) is 3.00. The third-order valence-corrected chi connectivity index (χ3v) is 2.79. The highest BCUT2D eigenvalue weighted by molar-refractivity contribution is 7.80. The summed E-state index contributed by atoms with van der Waals surface area (Å²) in [4.78, 5) is 0.347. The van der Waals surface area contributed by atoms with Crippen LogP contribution < -0.4 is 10.5 Å². The van der Waals surface area contributed by atoms with E-state index in [0.29, 0.717) is 10.7 Å². The van der Waals surface area contributed by atoms with Crippen molar-refractivity contribution < 1.29 is 4.74 Å². The highest BCUT2D eigenvalue weighted by Crippen LogP contribution is 2.26. The summed E-state index contributed by atoms with van der Waals surface area (Å²) >= 11 is 5.02. The van der Waals surface area contributed by atoms with Gasteiger partial charge in [0.15, 0.2) is 0 Å². The molecule has 0 saturated carbocycles. The van der Waals surface area contributed by atoms with Crippen molar-refractivity contribution in [1.82, 2.24) is 0 Å². The van der Waals surface area contributed by atoms with Gasteiger partial charge >= 0.3 is 0 Å². The minimum atomic E-state index is 0.347. The molecule has 2 N–H and O–H groups in total. The molecule has 17 heavy (non-hydrogen) atoms. The average molecular weight is 243 g/mol. The molecule has 0 saturated heterocycles. The van der Waals surface area contributed by atoms with E-state index in [4.69, 9.17) is 22.7 Å². The Morgan fingerprint density at radius 1 is 1.06 bits per heavy atom. The van der Waals surface area contributed by atoms with Gasteiger partial charge in [-0.25, -0.2) is 0 Å². The third-order valence-electron chi connectivity index (χ3n) is 2.57. The van der Waals surface area contributed by atoms with Gasteiger partial charge in [-0.15, -0.1) is 0 Å². The van der Waals surface area contributed by atoms with E-state index in [1.54, 1.807) is 7.11 Å². The summed E-state index contributed by atoms with van der Waals surface area (Å²) in [7, 11) is 1.61. The minimum Gasteiger partial charge on any atom is -0.496 e. The number of hydrogen-bond donors (Lipinski definition) is 1. The summed E-state index contributed by atoms with van der Waals surface area (Å²) in [6.07, 6.45) is 0. The molecular weight excluding hydrogens is 230 g/mol. The molecule has 86 valence electrons. The summed E-state index contributed by atoms with van der Waals surface area (Å²) in [5.41, 5.74) is 8.67. The van der Waals surface area contributed by atoms with E-state index in [-0.39, 0.29) is 0 Å². The Balaban J connectivity index is 2.51. The lowest BCUT2D eigenvalue weighted by Gasteiger charge is -2.09. The molecule has 0 aliphatic carbocycles. The van der Waals surface area contributed by atoms with Gasteiger partial charge in [0.2, 0.25) is 0 Å². The van der Waals surface area contributed by atoms with Crippen LogP contribution in [0.1, 0.15) is 5.56 Å². The molecular formula is C14H13NOS. The lowest BCUT2D eigenvalue weighted by atomic mass is 10.0. The number of rotatable bonds is 3. The van der Waals surface area contributed by atoms with Gasteiger partial charge in [0.05, 0.1) is 12.7 Å². The molecule has 0 unspecified atom stereocenters. The number of benzene rings is 2. The van der Waals surface area contributed by atoms with E-state index >= 15 is 0 Å². The van der Waals surface area contributed by atoms with Gasteiger partial charge in [-0.2, -0.15) is 0 Å². The molecule has 0 spiro atoms. The van der Waals surface area contributed by atoms with Crippen molar-refractivity contribution in [2.24, 2.45) is 5.73 Å². The van der Waals surface area contributed by atoms with Crippen LogP contribution in [0.3, 0.4) is 0 Å². The molecule has 3 heteroatoms. The van der Waals surface area contributed by atoms with Crippen LogP contribution in [-0.4, -0.2) is 12.1 Å². The van der Waals surface area contributed by atoms with Crippen molar-refractivity contribution in [2.45, 2.75) is 0 Å². The summed E-state index contributed by atoms with van der Waals surface area (Å²) < 4.78 is 5.23. The second kappa shape index (κ2) is 4.97. The van der Waals surface area contributed by atoms with Crippen molar-refractivity contribution in [2.75, 3.05) is 7.11 Å². The lowest BCUT2D eigenvalue weighted by molar-refractivity contribution is 0.414. The fourth-order valence-corrected chi connectivity index (χ4v) is 1.87. The van der Waals surface area contributed by atoms with E-state index < -0.39 is 0 Å². The van der Waals surface area contributed by atoms with Crippen LogP contribution in [0.2, 0.25) is 0 Å². The van der Waals surface area contributed by atoms with Gasteiger partial charge in [-0.05, 0) is 23.3 Å². The second-order valence-corrected chi connectivity index (χ2v) is 4.09. The molecule has 0 atom stereocenters. The molecule has 0 amide bonds. The molecule has 0 aliphatic rings. The van der Waals surface area contributed by atoms with Gasteiger partial charge < -0.3 is 10.5 Å². The lowest BCUT2D eigenvalue weighted by Crippen LogP contribution is -2.11. The van der Waals surface area contributed by atoms with Crippen LogP contribution in [-0.2, 0) is 0 Å². The highest BCUT2D eigenvalue weighted by Gasteiger charge is 2.07. The quantitative estimate of drug-likeness (QED) is 0.842. The van der Waals surface area contributed by atoms with E-state index in [2.05, 4.69) is 0 Å². The zero-order valence-corrected chi connectivity index (χ0v) is 10.3. The maximum absolute atomic E-state index is 5.69. The van der Waals surface area contributed by atoms with Crippen LogP contribution in [0.25, 0.3) is 11.1 Å². The monoisotopic (exact) mass is 243 g/mol. The molecule has 0 fully saturated rings. The Bertz CT molecular complexity index is 537. The highest BCUT2D eigenvalue weighted by atomic mass is 32.1. The number of hydrogen-bond acceptors (Lipinski definition) is 2. The summed E-state index contributed by atoms with van der Waals surface area (Å²) in [6.45, 7) is 0. The van der Waals surface area contributed by atoms with Gasteiger partial charge in [-0.3, -0.25) is 0 Å². The largest absolute Gasteiger partial charge is 0.496 e. The van der Waals surface area contributed by atoms with E-state index in [0.717, 1.165) is 16.7 Å². The fourth-order valence-electron chi connectivity index (χ4n) is 1.71. The topological polar surface area (TPSA) is 35.2 Å². The first-order valence-electron chi connectivity index (χ1n) is 5.25. The summed E-state index contributed by atoms with van der Waals surface area (Å²) in [5.74, 6) is 0.706. The zero-order chi connectivity index (χ0) is 12.3. The van der Waals surface area contributed by atoms with E-state index in [1.165, 1.54) is 0 Å². The minimum absolute atomic E-state index is 0.347. The molecule has 0 bridgehead atoms. The molecule has 0 heterocycles. The van der Waals surface area contributed by atoms with Crippen molar-refractivity contribution in [1.29, 1.82) is 0 Å². The number of thiocarbonyl (C=S) groups is 1. The Labute approximate surface area is 106 Å². The summed E-state index contributed by atoms with van der Waals surface area (Å²) in [6, 6.07) is 15.9. The van der Waals surface area contributed by atoms with Gasteiger partial charge in [0.25, 0.3) is 0 Å². The standard InChI is InChI=1S/C14H13NOS/c1-16-13-8-7-11(9-12(13)14(15)17)10-5-3-2-4-6-10/h2-9H,1H3,(H2,15,17). The molecule has 2 rings (SSSR count). The van der Waals surface area contributed by atoms with E-state index in [1.807, 2.05) is 48.5 Å². The molecule has 2 nitrogen and oxygen atoms in total. The molecule has 2 aromatic carbocycles.